The molecular weight excluding hydrogens is 476 g/mol. The topological polar surface area (TPSA) is 133 Å². The maximum Gasteiger partial charge on any atom is 0.265 e. The molecular formula is C20H17ClN4O7S. The molecule has 3 aromatic rings. The smallest absolute Gasteiger partial charge is 0.265 e. The van der Waals surface area contributed by atoms with Crippen LogP contribution in [-0.4, -0.2) is 37.9 Å². The molecule has 1 amide bonds. The highest BCUT2D eigenvalue weighted by molar-refractivity contribution is 7.89. The molecule has 0 saturated carbocycles. The average molecular weight is 493 g/mol. The normalized spacial score (nSPS) is 14.8. The Morgan fingerprint density at radius 2 is 1.94 bits per heavy atom. The van der Waals surface area contributed by atoms with Gasteiger partial charge in [0.25, 0.3) is 5.91 Å². The number of sulfonamides is 1. The number of carbonyl (C=O) groups excluding carboxylic acids is 1. The maximum absolute atomic E-state index is 13.0. The van der Waals surface area contributed by atoms with Crippen LogP contribution >= 0.6 is 11.6 Å². The number of hydrogen-bond donors (Lipinski definition) is 1. The number of benzene rings is 2. The second-order valence-corrected chi connectivity index (χ2v) is 9.40. The number of halogens is 1. The van der Waals surface area contributed by atoms with E-state index in [9.17, 15) is 13.2 Å². The lowest BCUT2D eigenvalue weighted by molar-refractivity contribution is -0.121. The summed E-state index contributed by atoms with van der Waals surface area (Å²) in [6.45, 7) is 1.53. The largest absolute Gasteiger partial charge is 0.482 e. The summed E-state index contributed by atoms with van der Waals surface area (Å²) in [6, 6.07) is 7.81. The van der Waals surface area contributed by atoms with Gasteiger partial charge in [-0.15, -0.1) is 0 Å². The zero-order valence-electron chi connectivity index (χ0n) is 17.2. The van der Waals surface area contributed by atoms with E-state index in [1.54, 1.807) is 25.1 Å². The Morgan fingerprint density at radius 3 is 2.73 bits per heavy atom. The summed E-state index contributed by atoms with van der Waals surface area (Å²) in [5, 5.41) is 3.72. The first-order chi connectivity index (χ1) is 15.8. The van der Waals surface area contributed by atoms with Gasteiger partial charge in [-0.1, -0.05) is 22.8 Å². The van der Waals surface area contributed by atoms with Crippen LogP contribution in [0.2, 0.25) is 5.02 Å². The van der Waals surface area contributed by atoms with Crippen molar-refractivity contribution in [1.82, 2.24) is 14.9 Å². The quantitative estimate of drug-likeness (QED) is 0.549. The van der Waals surface area contributed by atoms with Gasteiger partial charge in [0, 0.05) is 19.5 Å². The Hall–Kier alpha value is -3.35. The van der Waals surface area contributed by atoms with E-state index in [2.05, 4.69) is 14.9 Å². The van der Waals surface area contributed by atoms with E-state index in [0.29, 0.717) is 34.5 Å². The van der Waals surface area contributed by atoms with E-state index in [-0.39, 0.29) is 48.1 Å². The number of amides is 1. The van der Waals surface area contributed by atoms with Crippen molar-refractivity contribution < 1.29 is 31.9 Å². The van der Waals surface area contributed by atoms with Crippen LogP contribution in [0.1, 0.15) is 17.3 Å². The van der Waals surface area contributed by atoms with Crippen LogP contribution in [0.5, 0.6) is 17.2 Å². The molecule has 0 aliphatic carbocycles. The molecule has 13 heteroatoms. The van der Waals surface area contributed by atoms with Gasteiger partial charge in [-0.3, -0.25) is 9.69 Å². The van der Waals surface area contributed by atoms with E-state index in [1.165, 1.54) is 17.0 Å². The number of aryl methyl sites for hydroxylation is 1. The number of aromatic nitrogens is 2. The fourth-order valence-corrected chi connectivity index (χ4v) is 4.99. The van der Waals surface area contributed by atoms with Gasteiger partial charge < -0.3 is 18.7 Å². The molecule has 0 spiro atoms. The van der Waals surface area contributed by atoms with Crippen molar-refractivity contribution >= 4 is 33.2 Å². The molecule has 0 saturated heterocycles. The molecule has 1 N–H and O–H groups in total. The van der Waals surface area contributed by atoms with Gasteiger partial charge in [0.15, 0.2) is 23.9 Å². The molecule has 33 heavy (non-hydrogen) atoms. The first-order valence-corrected chi connectivity index (χ1v) is 11.6. The van der Waals surface area contributed by atoms with Gasteiger partial charge >= 0.3 is 0 Å². The third kappa shape index (κ3) is 4.19. The summed E-state index contributed by atoms with van der Waals surface area (Å²) in [6.07, 6.45) is 0. The number of nitrogens with zero attached hydrogens (tertiary/aromatic N) is 3. The number of carbonyl (C=O) groups is 1. The zero-order chi connectivity index (χ0) is 23.2. The minimum atomic E-state index is -4.00. The Labute approximate surface area is 193 Å². The SMILES string of the molecule is Cc1nc(CN2C(=O)COc3cc(S(=O)(=O)NCc4ccc5c(c4)OCO5)c(Cl)cc32)no1. The first-order valence-electron chi connectivity index (χ1n) is 9.74. The van der Waals surface area contributed by atoms with Gasteiger partial charge in [-0.25, -0.2) is 13.1 Å². The van der Waals surface area contributed by atoms with Gasteiger partial charge in [0.2, 0.25) is 22.7 Å². The molecule has 2 aliphatic heterocycles. The monoisotopic (exact) mass is 492 g/mol. The molecule has 5 rings (SSSR count). The van der Waals surface area contributed by atoms with Crippen LogP contribution in [0, 0.1) is 6.92 Å². The Bertz CT molecular complexity index is 1360. The first kappa shape index (κ1) is 21.5. The molecule has 1 aromatic heterocycles. The van der Waals surface area contributed by atoms with Crippen molar-refractivity contribution in [1.29, 1.82) is 0 Å². The lowest BCUT2D eigenvalue weighted by atomic mass is 10.2. The highest BCUT2D eigenvalue weighted by atomic mass is 35.5. The average Bonchev–Trinajstić information content (AvgIpc) is 3.42. The van der Waals surface area contributed by atoms with E-state index >= 15 is 0 Å². The summed E-state index contributed by atoms with van der Waals surface area (Å²) < 4.78 is 49.4. The molecule has 0 fully saturated rings. The number of rotatable bonds is 6. The Morgan fingerprint density at radius 1 is 1.12 bits per heavy atom. The predicted molar refractivity (Wildman–Crippen MR) is 114 cm³/mol. The van der Waals surface area contributed by atoms with Crippen LogP contribution in [0.3, 0.4) is 0 Å². The minimum absolute atomic E-state index is 0.00896. The van der Waals surface area contributed by atoms with Gasteiger partial charge in [-0.05, 0) is 23.8 Å². The number of ether oxygens (including phenoxy) is 3. The molecule has 0 radical (unpaired) electrons. The van der Waals surface area contributed by atoms with Crippen LogP contribution in [0.15, 0.2) is 39.8 Å². The number of fused-ring (bicyclic) bond motifs is 2. The summed E-state index contributed by atoms with van der Waals surface area (Å²) in [5.41, 5.74) is 0.994. The fraction of sp³-hybridized carbons (Fsp3) is 0.250. The van der Waals surface area contributed by atoms with Crippen molar-refractivity contribution in [2.75, 3.05) is 18.3 Å². The maximum atomic E-state index is 13.0. The summed E-state index contributed by atoms with van der Waals surface area (Å²) in [4.78, 5) is 17.7. The lowest BCUT2D eigenvalue weighted by Crippen LogP contribution is -2.38. The Balaban J connectivity index is 1.39. The van der Waals surface area contributed by atoms with Crippen molar-refractivity contribution in [3.8, 4) is 17.2 Å². The van der Waals surface area contributed by atoms with Crippen LogP contribution < -0.4 is 23.8 Å². The van der Waals surface area contributed by atoms with Crippen LogP contribution in [-0.2, 0) is 27.9 Å². The molecule has 0 bridgehead atoms. The van der Waals surface area contributed by atoms with E-state index < -0.39 is 10.0 Å². The highest BCUT2D eigenvalue weighted by Gasteiger charge is 2.30. The van der Waals surface area contributed by atoms with E-state index in [0.717, 1.165) is 0 Å². The van der Waals surface area contributed by atoms with Crippen molar-refractivity contribution in [2.24, 2.45) is 0 Å². The molecule has 3 heterocycles. The fourth-order valence-electron chi connectivity index (χ4n) is 3.44. The summed E-state index contributed by atoms with van der Waals surface area (Å²) in [7, 11) is -4.00. The second kappa shape index (κ2) is 8.21. The van der Waals surface area contributed by atoms with Gasteiger partial charge in [0.05, 0.1) is 17.3 Å². The van der Waals surface area contributed by atoms with E-state index in [4.69, 9.17) is 30.3 Å². The van der Waals surface area contributed by atoms with E-state index in [1.807, 2.05) is 0 Å². The van der Waals surface area contributed by atoms with Crippen LogP contribution in [0.4, 0.5) is 5.69 Å². The Kier molecular flexibility index (Phi) is 5.35. The van der Waals surface area contributed by atoms with Crippen molar-refractivity contribution in [3.05, 3.63) is 52.6 Å². The number of nitrogens with one attached hydrogen (secondary N) is 1. The molecule has 2 aromatic carbocycles. The molecule has 0 unspecified atom stereocenters. The molecule has 0 atom stereocenters. The minimum Gasteiger partial charge on any atom is -0.482 e. The molecule has 11 nitrogen and oxygen atoms in total. The highest BCUT2D eigenvalue weighted by Crippen LogP contribution is 2.39. The number of hydrogen-bond acceptors (Lipinski definition) is 9. The lowest BCUT2D eigenvalue weighted by Gasteiger charge is -2.29. The summed E-state index contributed by atoms with van der Waals surface area (Å²) >= 11 is 6.33. The van der Waals surface area contributed by atoms with Crippen molar-refractivity contribution in [3.63, 3.8) is 0 Å². The third-order valence-corrected chi connectivity index (χ3v) is 6.88. The zero-order valence-corrected chi connectivity index (χ0v) is 18.8. The van der Waals surface area contributed by atoms with Gasteiger partial charge in [0.1, 0.15) is 10.6 Å². The van der Waals surface area contributed by atoms with Crippen molar-refractivity contribution in [2.45, 2.75) is 24.9 Å². The molecule has 172 valence electrons. The summed E-state index contributed by atoms with van der Waals surface area (Å²) in [5.74, 6) is 1.66. The van der Waals surface area contributed by atoms with Crippen LogP contribution in [0.25, 0.3) is 0 Å². The third-order valence-electron chi connectivity index (χ3n) is 5.02. The second-order valence-electron chi connectivity index (χ2n) is 7.26. The molecule has 2 aliphatic rings. The standard InChI is InChI=1S/C20H17ClN4O7S/c1-11-23-19(24-32-11)8-25-14-5-13(21)18(6-16(14)29-9-20(25)26)33(27,28)22-7-12-2-3-15-17(4-12)31-10-30-15/h2-6,22H,7-10H2,1H3. The predicted octanol–water partition coefficient (Wildman–Crippen LogP) is 2.16. The number of anilines is 1. The van der Waals surface area contributed by atoms with Gasteiger partial charge in [-0.2, -0.15) is 4.98 Å².